The van der Waals surface area contributed by atoms with Crippen LogP contribution in [0.15, 0.2) is 71.4 Å². The summed E-state index contributed by atoms with van der Waals surface area (Å²) >= 11 is 0. The molecule has 29 heavy (non-hydrogen) atoms. The van der Waals surface area contributed by atoms with Gasteiger partial charge in [-0.05, 0) is 66.4 Å². The van der Waals surface area contributed by atoms with Gasteiger partial charge in [0.25, 0.3) is 0 Å². The summed E-state index contributed by atoms with van der Waals surface area (Å²) in [5.74, 6) is 1.44. The summed E-state index contributed by atoms with van der Waals surface area (Å²) in [5.41, 5.74) is 8.40. The molecule has 0 N–H and O–H groups in total. The first-order valence-electron chi connectivity index (χ1n) is 9.55. The Bertz CT molecular complexity index is 1310. The fourth-order valence-electron chi connectivity index (χ4n) is 3.91. The molecule has 0 aliphatic carbocycles. The molecule has 5 nitrogen and oxygen atoms in total. The Balaban J connectivity index is 1.63. The van der Waals surface area contributed by atoms with Gasteiger partial charge in [0.2, 0.25) is 0 Å². The molecule has 0 spiro atoms. The van der Waals surface area contributed by atoms with Crippen molar-refractivity contribution in [2.24, 2.45) is 0 Å². The van der Waals surface area contributed by atoms with Gasteiger partial charge in [0.15, 0.2) is 17.3 Å². The van der Waals surface area contributed by atoms with Crippen molar-refractivity contribution in [1.82, 2.24) is 19.7 Å². The predicted octanol–water partition coefficient (Wildman–Crippen LogP) is 5.67. The molecule has 0 aliphatic heterocycles. The van der Waals surface area contributed by atoms with Crippen LogP contribution < -0.4 is 0 Å². The van der Waals surface area contributed by atoms with Crippen LogP contribution in [-0.4, -0.2) is 19.7 Å². The number of hydrogen-bond donors (Lipinski definition) is 0. The molecule has 142 valence electrons. The first-order valence-corrected chi connectivity index (χ1v) is 9.55. The maximum Gasteiger partial charge on any atom is 0.192 e. The molecule has 0 saturated carbocycles. The van der Waals surface area contributed by atoms with E-state index in [1.165, 1.54) is 22.3 Å². The fraction of sp³-hybridized carbons (Fsp3) is 0.125. The standard InChI is InChI=1S/C24H20N4O/c1-15-11-20(18-7-5-4-6-8-18)12-16(2)23(15)28-14-25-27-24(28)19-9-10-22-21(13-19)26-17(3)29-22/h4-14H,1-3H3. The molecule has 2 heterocycles. The normalized spacial score (nSPS) is 11.3. The van der Waals surface area contributed by atoms with E-state index in [9.17, 15) is 0 Å². The number of nitrogens with zero attached hydrogens (tertiary/aromatic N) is 4. The summed E-state index contributed by atoms with van der Waals surface area (Å²) in [5, 5.41) is 8.59. The number of oxazole rings is 1. The maximum absolute atomic E-state index is 5.59. The van der Waals surface area contributed by atoms with Gasteiger partial charge >= 0.3 is 0 Å². The topological polar surface area (TPSA) is 56.7 Å². The average Bonchev–Trinajstić information content (AvgIpc) is 3.33. The Labute approximate surface area is 168 Å². The molecule has 0 radical (unpaired) electrons. The predicted molar refractivity (Wildman–Crippen MR) is 114 cm³/mol. The van der Waals surface area contributed by atoms with E-state index >= 15 is 0 Å². The lowest BCUT2D eigenvalue weighted by atomic mass is 9.98. The smallest absolute Gasteiger partial charge is 0.192 e. The molecule has 5 aromatic rings. The van der Waals surface area contributed by atoms with Gasteiger partial charge in [-0.25, -0.2) is 4.98 Å². The van der Waals surface area contributed by atoms with Crippen molar-refractivity contribution in [2.75, 3.05) is 0 Å². The minimum atomic E-state index is 0.654. The van der Waals surface area contributed by atoms with Crippen molar-refractivity contribution in [3.05, 3.63) is 84.0 Å². The summed E-state index contributed by atoms with van der Waals surface area (Å²) in [6.07, 6.45) is 1.77. The zero-order valence-corrected chi connectivity index (χ0v) is 16.5. The molecule has 0 fully saturated rings. The molecular formula is C24H20N4O. The summed E-state index contributed by atoms with van der Waals surface area (Å²) < 4.78 is 7.64. The Morgan fingerprint density at radius 3 is 2.31 bits per heavy atom. The van der Waals surface area contributed by atoms with Crippen LogP contribution in [0.5, 0.6) is 0 Å². The molecular weight excluding hydrogens is 360 g/mol. The lowest BCUT2D eigenvalue weighted by molar-refractivity contribution is 0.561. The van der Waals surface area contributed by atoms with E-state index in [4.69, 9.17) is 4.42 Å². The van der Waals surface area contributed by atoms with Gasteiger partial charge in [-0.3, -0.25) is 4.57 Å². The van der Waals surface area contributed by atoms with Crippen molar-refractivity contribution >= 4 is 11.1 Å². The quantitative estimate of drug-likeness (QED) is 0.405. The van der Waals surface area contributed by atoms with Crippen LogP contribution in [0.4, 0.5) is 0 Å². The largest absolute Gasteiger partial charge is 0.441 e. The monoisotopic (exact) mass is 380 g/mol. The molecule has 2 aromatic heterocycles. The Hall–Kier alpha value is -3.73. The average molecular weight is 380 g/mol. The van der Waals surface area contributed by atoms with E-state index in [1.54, 1.807) is 6.33 Å². The molecule has 0 unspecified atom stereocenters. The first-order chi connectivity index (χ1) is 14.1. The molecule has 0 atom stereocenters. The minimum absolute atomic E-state index is 0.654. The zero-order valence-electron chi connectivity index (χ0n) is 16.5. The van der Waals surface area contributed by atoms with Gasteiger partial charge in [-0.2, -0.15) is 0 Å². The number of fused-ring (bicyclic) bond motifs is 1. The van der Waals surface area contributed by atoms with E-state index in [0.29, 0.717) is 5.89 Å². The van der Waals surface area contributed by atoms with Crippen LogP contribution in [0.2, 0.25) is 0 Å². The lowest BCUT2D eigenvalue weighted by Crippen LogP contribution is -2.02. The highest BCUT2D eigenvalue weighted by Gasteiger charge is 2.15. The lowest BCUT2D eigenvalue weighted by Gasteiger charge is -2.15. The van der Waals surface area contributed by atoms with Gasteiger partial charge in [0.05, 0.1) is 5.69 Å². The first kappa shape index (κ1) is 17.4. The third kappa shape index (κ3) is 3.01. The van der Waals surface area contributed by atoms with Crippen LogP contribution in [0.3, 0.4) is 0 Å². The van der Waals surface area contributed by atoms with Crippen LogP contribution >= 0.6 is 0 Å². The molecule has 0 aliphatic rings. The second-order valence-electron chi connectivity index (χ2n) is 7.26. The van der Waals surface area contributed by atoms with Crippen molar-refractivity contribution in [2.45, 2.75) is 20.8 Å². The minimum Gasteiger partial charge on any atom is -0.441 e. The fourth-order valence-corrected chi connectivity index (χ4v) is 3.91. The number of aryl methyl sites for hydroxylation is 3. The van der Waals surface area contributed by atoms with Crippen molar-refractivity contribution in [3.8, 4) is 28.2 Å². The van der Waals surface area contributed by atoms with Crippen molar-refractivity contribution in [1.29, 1.82) is 0 Å². The van der Waals surface area contributed by atoms with Crippen LogP contribution in [0.25, 0.3) is 39.3 Å². The van der Waals surface area contributed by atoms with Crippen molar-refractivity contribution in [3.63, 3.8) is 0 Å². The second-order valence-corrected chi connectivity index (χ2v) is 7.26. The zero-order chi connectivity index (χ0) is 20.0. The van der Waals surface area contributed by atoms with Crippen molar-refractivity contribution < 1.29 is 4.42 Å². The van der Waals surface area contributed by atoms with Gasteiger partial charge in [0, 0.05) is 12.5 Å². The van der Waals surface area contributed by atoms with Gasteiger partial charge in [0.1, 0.15) is 11.8 Å². The van der Waals surface area contributed by atoms with Crippen LogP contribution in [0, 0.1) is 20.8 Å². The molecule has 0 saturated heterocycles. The SMILES string of the molecule is Cc1nc2cc(-c3nncn3-c3c(C)cc(-c4ccccc4)cc3C)ccc2o1. The summed E-state index contributed by atoms with van der Waals surface area (Å²) in [6.45, 7) is 6.11. The number of rotatable bonds is 3. The van der Waals surface area contributed by atoms with E-state index in [-0.39, 0.29) is 0 Å². The third-order valence-electron chi connectivity index (χ3n) is 5.14. The Morgan fingerprint density at radius 2 is 1.55 bits per heavy atom. The van der Waals surface area contributed by atoms with E-state index < -0.39 is 0 Å². The number of aromatic nitrogens is 4. The number of benzene rings is 3. The highest BCUT2D eigenvalue weighted by atomic mass is 16.3. The third-order valence-corrected chi connectivity index (χ3v) is 5.14. The van der Waals surface area contributed by atoms with E-state index in [1.807, 2.05) is 35.8 Å². The Morgan fingerprint density at radius 1 is 0.793 bits per heavy atom. The van der Waals surface area contributed by atoms with Crippen LogP contribution in [-0.2, 0) is 0 Å². The molecule has 5 rings (SSSR count). The number of hydrogen-bond acceptors (Lipinski definition) is 4. The Kier molecular flexibility index (Phi) is 4.02. The van der Waals surface area contributed by atoms with Crippen LogP contribution in [0.1, 0.15) is 17.0 Å². The molecule has 5 heteroatoms. The van der Waals surface area contributed by atoms with E-state index in [2.05, 4.69) is 65.4 Å². The molecule has 0 bridgehead atoms. The maximum atomic E-state index is 5.59. The highest BCUT2D eigenvalue weighted by molar-refractivity contribution is 5.79. The summed E-state index contributed by atoms with van der Waals surface area (Å²) in [7, 11) is 0. The molecule has 0 amide bonds. The van der Waals surface area contributed by atoms with Gasteiger partial charge in [-0.1, -0.05) is 30.3 Å². The highest BCUT2D eigenvalue weighted by Crippen LogP contribution is 2.31. The summed E-state index contributed by atoms with van der Waals surface area (Å²) in [6, 6.07) is 20.8. The summed E-state index contributed by atoms with van der Waals surface area (Å²) in [4.78, 5) is 4.44. The molecule has 3 aromatic carbocycles. The van der Waals surface area contributed by atoms with Gasteiger partial charge < -0.3 is 4.42 Å². The second kappa shape index (κ2) is 6.71. The van der Waals surface area contributed by atoms with Gasteiger partial charge in [-0.15, -0.1) is 10.2 Å². The van der Waals surface area contributed by atoms with E-state index in [0.717, 1.165) is 28.2 Å².